The van der Waals surface area contributed by atoms with Gasteiger partial charge in [-0.2, -0.15) is 0 Å². The van der Waals surface area contributed by atoms with Gasteiger partial charge in [0.25, 0.3) is 0 Å². The smallest absolute Gasteiger partial charge is 0.174 e. The Morgan fingerprint density at radius 2 is 2.13 bits per heavy atom. The Morgan fingerprint density at radius 1 is 1.37 bits per heavy atom. The molecule has 2 fully saturated rings. The van der Waals surface area contributed by atoms with Crippen molar-refractivity contribution in [3.63, 3.8) is 0 Å². The maximum atomic E-state index is 14.1. The predicted molar refractivity (Wildman–Crippen MR) is 112 cm³/mol. The van der Waals surface area contributed by atoms with Crippen molar-refractivity contribution in [3.8, 4) is 11.5 Å². The van der Waals surface area contributed by atoms with E-state index in [4.69, 9.17) is 9.47 Å². The van der Waals surface area contributed by atoms with E-state index in [1.807, 2.05) is 13.0 Å². The second kappa shape index (κ2) is 6.68. The van der Waals surface area contributed by atoms with E-state index in [-0.39, 0.29) is 22.2 Å². The summed E-state index contributed by atoms with van der Waals surface area (Å²) in [6, 6.07) is 3.24. The number of unbranched alkanes of at least 4 members (excludes halogenated alkanes) is 1. The SMILES string of the molecule is CCCCO[C@@]12CCC(=O)[C@@H]3Oc4c(O)ccc(c4C31C)C[C@H]2[N+](C)([O-])CC1CC1. The average molecular weight is 416 g/mol. The van der Waals surface area contributed by atoms with Gasteiger partial charge in [0.15, 0.2) is 23.4 Å². The molecule has 2 saturated carbocycles. The molecule has 1 N–H and O–H groups in total. The van der Waals surface area contributed by atoms with Crippen molar-refractivity contribution in [1.29, 1.82) is 0 Å². The van der Waals surface area contributed by atoms with Crippen molar-refractivity contribution in [2.45, 2.75) is 82.0 Å². The number of benzene rings is 1. The van der Waals surface area contributed by atoms with Crippen LogP contribution in [-0.2, 0) is 21.4 Å². The number of rotatable bonds is 7. The summed E-state index contributed by atoms with van der Waals surface area (Å²) in [5.41, 5.74) is 0.353. The Hall–Kier alpha value is -1.63. The number of quaternary nitrogens is 1. The number of aromatic hydroxyl groups is 1. The predicted octanol–water partition coefficient (Wildman–Crippen LogP) is 3.61. The van der Waals surface area contributed by atoms with Crippen molar-refractivity contribution in [2.24, 2.45) is 5.92 Å². The number of ketones is 1. The summed E-state index contributed by atoms with van der Waals surface area (Å²) in [6.07, 6.45) is 4.92. The van der Waals surface area contributed by atoms with Gasteiger partial charge in [-0.1, -0.05) is 19.4 Å². The Kier molecular flexibility index (Phi) is 4.52. The minimum atomic E-state index is -0.780. The maximum absolute atomic E-state index is 14.1. The fourth-order valence-corrected chi connectivity index (χ4v) is 6.54. The Balaban J connectivity index is 1.69. The number of hydrogen-bond donors (Lipinski definition) is 1. The van der Waals surface area contributed by atoms with Crippen LogP contribution in [0.2, 0.25) is 0 Å². The van der Waals surface area contributed by atoms with E-state index in [0.29, 0.717) is 44.1 Å². The molecule has 1 aromatic carbocycles. The van der Waals surface area contributed by atoms with Crippen molar-refractivity contribution >= 4 is 5.78 Å². The van der Waals surface area contributed by atoms with Crippen LogP contribution in [0.4, 0.5) is 0 Å². The highest BCUT2D eigenvalue weighted by Gasteiger charge is 2.72. The highest BCUT2D eigenvalue weighted by Crippen LogP contribution is 2.63. The number of carbonyl (C=O) groups excluding carboxylic acids is 1. The first-order valence-electron chi connectivity index (χ1n) is 11.5. The van der Waals surface area contributed by atoms with E-state index in [0.717, 1.165) is 36.8 Å². The van der Waals surface area contributed by atoms with Gasteiger partial charge in [0.1, 0.15) is 11.6 Å². The summed E-state index contributed by atoms with van der Waals surface area (Å²) < 4.78 is 12.5. The summed E-state index contributed by atoms with van der Waals surface area (Å²) in [5.74, 6) is 1.01. The summed E-state index contributed by atoms with van der Waals surface area (Å²) in [5, 5.41) is 24.6. The molecule has 0 saturated heterocycles. The van der Waals surface area contributed by atoms with Gasteiger partial charge in [-0.05, 0) is 44.2 Å². The van der Waals surface area contributed by atoms with E-state index < -0.39 is 17.1 Å². The molecule has 0 aromatic heterocycles. The lowest BCUT2D eigenvalue weighted by molar-refractivity contribution is -0.897. The minimum absolute atomic E-state index is 0.0386. The average Bonchev–Trinajstić information content (AvgIpc) is 3.43. The van der Waals surface area contributed by atoms with Crippen LogP contribution in [0, 0.1) is 11.1 Å². The first-order chi connectivity index (χ1) is 14.2. The molecule has 5 atom stereocenters. The molecule has 1 aromatic rings. The normalized spacial score (nSPS) is 36.2. The van der Waals surface area contributed by atoms with Crippen molar-refractivity contribution in [1.82, 2.24) is 0 Å². The minimum Gasteiger partial charge on any atom is -0.633 e. The third-order valence-electron chi connectivity index (χ3n) is 8.20. The molecule has 0 bridgehead atoms. The number of phenolic OH excluding ortho intramolecular Hbond substituents is 1. The molecule has 164 valence electrons. The van der Waals surface area contributed by atoms with E-state index in [2.05, 4.69) is 6.92 Å². The molecule has 6 heteroatoms. The summed E-state index contributed by atoms with van der Waals surface area (Å²) >= 11 is 0. The second-order valence-electron chi connectivity index (χ2n) is 10.2. The highest BCUT2D eigenvalue weighted by atomic mass is 16.6. The van der Waals surface area contributed by atoms with Crippen LogP contribution < -0.4 is 4.74 Å². The molecule has 1 heterocycles. The molecule has 4 aliphatic rings. The van der Waals surface area contributed by atoms with Crippen LogP contribution >= 0.6 is 0 Å². The molecule has 0 radical (unpaired) electrons. The molecule has 0 spiro atoms. The zero-order valence-corrected chi connectivity index (χ0v) is 18.3. The molecule has 5 rings (SSSR count). The lowest BCUT2D eigenvalue weighted by Gasteiger charge is -2.62. The molecular weight excluding hydrogens is 382 g/mol. The molecule has 30 heavy (non-hydrogen) atoms. The number of ether oxygens (including phenoxy) is 2. The van der Waals surface area contributed by atoms with Gasteiger partial charge in [-0.3, -0.25) is 4.79 Å². The number of phenols is 1. The quantitative estimate of drug-likeness (QED) is 0.418. The summed E-state index contributed by atoms with van der Waals surface area (Å²) in [6.45, 7) is 5.33. The molecular formula is C24H33NO5. The third kappa shape index (κ3) is 2.63. The summed E-state index contributed by atoms with van der Waals surface area (Å²) in [7, 11) is 1.80. The van der Waals surface area contributed by atoms with Crippen LogP contribution in [0.25, 0.3) is 0 Å². The van der Waals surface area contributed by atoms with Gasteiger partial charge in [0, 0.05) is 30.9 Å². The third-order valence-corrected chi connectivity index (χ3v) is 8.20. The fraction of sp³-hybridized carbons (Fsp3) is 0.708. The largest absolute Gasteiger partial charge is 0.633 e. The van der Waals surface area contributed by atoms with Crippen LogP contribution in [0.1, 0.15) is 63.5 Å². The zero-order chi connectivity index (χ0) is 21.3. The summed E-state index contributed by atoms with van der Waals surface area (Å²) in [4.78, 5) is 13.0. The van der Waals surface area contributed by atoms with Gasteiger partial charge in [-0.25, -0.2) is 0 Å². The molecule has 3 aliphatic carbocycles. The zero-order valence-electron chi connectivity index (χ0n) is 18.3. The monoisotopic (exact) mass is 415 g/mol. The first-order valence-corrected chi connectivity index (χ1v) is 11.5. The van der Waals surface area contributed by atoms with E-state index in [1.54, 1.807) is 13.1 Å². The van der Waals surface area contributed by atoms with Gasteiger partial charge in [-0.15, -0.1) is 0 Å². The number of hydroxylamine groups is 3. The fourth-order valence-electron chi connectivity index (χ4n) is 6.54. The van der Waals surface area contributed by atoms with Gasteiger partial charge in [0.2, 0.25) is 0 Å². The van der Waals surface area contributed by atoms with Crippen LogP contribution in [-0.4, -0.2) is 53.5 Å². The van der Waals surface area contributed by atoms with E-state index >= 15 is 0 Å². The number of carbonyl (C=O) groups is 1. The standard InChI is InChI=1S/C24H33NO5/c1-4-5-12-29-24-11-10-18(27)22-23(24,2)20-16(8-9-17(26)21(20)30-22)13-19(24)25(3,28)14-15-6-7-15/h8-9,15,19,22,26H,4-7,10-14H2,1-3H3/t19-,22+,23?,24-,25?/m1/s1. The molecule has 1 aliphatic heterocycles. The Bertz CT molecular complexity index is 879. The number of hydrogen-bond acceptors (Lipinski definition) is 5. The van der Waals surface area contributed by atoms with Gasteiger partial charge >= 0.3 is 0 Å². The lowest BCUT2D eigenvalue weighted by atomic mass is 9.52. The van der Waals surface area contributed by atoms with Crippen molar-refractivity contribution in [3.05, 3.63) is 28.5 Å². The molecule has 6 nitrogen and oxygen atoms in total. The van der Waals surface area contributed by atoms with E-state index in [1.165, 1.54) is 0 Å². The topological polar surface area (TPSA) is 78.8 Å². The van der Waals surface area contributed by atoms with Gasteiger partial charge in [0.05, 0.1) is 19.0 Å². The van der Waals surface area contributed by atoms with Gasteiger partial charge < -0.3 is 24.4 Å². The van der Waals surface area contributed by atoms with Crippen molar-refractivity contribution in [2.75, 3.05) is 20.2 Å². The Labute approximate surface area is 178 Å². The number of nitrogens with zero attached hydrogens (tertiary/aromatic N) is 1. The van der Waals surface area contributed by atoms with Crippen LogP contribution in [0.3, 0.4) is 0 Å². The van der Waals surface area contributed by atoms with Crippen LogP contribution in [0.15, 0.2) is 12.1 Å². The number of Topliss-reactive ketones (excluding diaryl/α,β-unsaturated/α-hetero) is 1. The van der Waals surface area contributed by atoms with Crippen LogP contribution in [0.5, 0.6) is 11.5 Å². The van der Waals surface area contributed by atoms with E-state index in [9.17, 15) is 15.1 Å². The number of likely N-dealkylation sites (N-methyl/N-ethyl adjacent to an activating group) is 1. The molecule has 0 amide bonds. The lowest BCUT2D eigenvalue weighted by Crippen LogP contribution is -2.75. The first kappa shape index (κ1) is 20.3. The Morgan fingerprint density at radius 3 is 2.83 bits per heavy atom. The highest BCUT2D eigenvalue weighted by molar-refractivity contribution is 5.89. The molecule has 2 unspecified atom stereocenters. The maximum Gasteiger partial charge on any atom is 0.174 e. The van der Waals surface area contributed by atoms with Crippen molar-refractivity contribution < 1.29 is 24.0 Å². The second-order valence-corrected chi connectivity index (χ2v) is 10.2.